The number of carboxylic acid groups (broad SMARTS) is 1. The van der Waals surface area contributed by atoms with E-state index in [2.05, 4.69) is 15.5 Å². The molecule has 0 radical (unpaired) electrons. The van der Waals surface area contributed by atoms with Crippen LogP contribution in [-0.2, 0) is 9.59 Å². The first-order chi connectivity index (χ1) is 14.3. The summed E-state index contributed by atoms with van der Waals surface area (Å²) in [5.41, 5.74) is 0.666. The third-order valence-corrected chi connectivity index (χ3v) is 7.90. The molecule has 2 aliphatic rings. The lowest BCUT2D eigenvalue weighted by atomic mass is 10.0. The second-order valence-corrected chi connectivity index (χ2v) is 10.0. The molecule has 1 aromatic heterocycles. The molecule has 3 heterocycles. The number of carbonyl (C=O) groups is 3. The molecule has 8 nitrogen and oxygen atoms in total. The molecular formula is C18H15FN4O4S3. The summed E-state index contributed by atoms with van der Waals surface area (Å²) in [5, 5.41) is 20.5. The molecule has 4 rings (SSSR count). The summed E-state index contributed by atoms with van der Waals surface area (Å²) in [6.45, 7) is 1.84. The van der Waals surface area contributed by atoms with Gasteiger partial charge in [0.1, 0.15) is 27.9 Å². The van der Waals surface area contributed by atoms with Gasteiger partial charge in [0.05, 0.1) is 0 Å². The molecule has 2 aromatic rings. The van der Waals surface area contributed by atoms with Crippen LogP contribution in [0.25, 0.3) is 0 Å². The van der Waals surface area contributed by atoms with Gasteiger partial charge < -0.3 is 10.4 Å². The highest BCUT2D eigenvalue weighted by Gasteiger charge is 2.54. The summed E-state index contributed by atoms with van der Waals surface area (Å²) >= 11 is 4.18. The number of aliphatic carboxylic acids is 1. The molecule has 156 valence electrons. The first-order valence-electron chi connectivity index (χ1n) is 8.74. The average Bonchev–Trinajstić information content (AvgIpc) is 3.14. The van der Waals surface area contributed by atoms with Gasteiger partial charge in [0.2, 0.25) is 0 Å². The van der Waals surface area contributed by atoms with E-state index in [4.69, 9.17) is 0 Å². The molecular weight excluding hydrogens is 451 g/mol. The number of amides is 2. The third-order valence-electron chi connectivity index (χ3n) is 4.50. The van der Waals surface area contributed by atoms with Crippen molar-refractivity contribution in [2.45, 2.75) is 22.7 Å². The molecule has 12 heteroatoms. The summed E-state index contributed by atoms with van der Waals surface area (Å²) in [6, 6.07) is 4.29. The quantitative estimate of drug-likeness (QED) is 0.492. The van der Waals surface area contributed by atoms with E-state index in [1.54, 1.807) is 0 Å². The molecule has 0 aliphatic carbocycles. The number of carbonyl (C=O) groups excluding carboxylic acids is 2. The number of hydrogen-bond acceptors (Lipinski definition) is 8. The molecule has 0 bridgehead atoms. The first-order valence-corrected chi connectivity index (χ1v) is 11.6. The lowest BCUT2D eigenvalue weighted by Crippen LogP contribution is -2.70. The van der Waals surface area contributed by atoms with E-state index in [0.29, 0.717) is 17.1 Å². The highest BCUT2D eigenvalue weighted by Crippen LogP contribution is 2.41. The van der Waals surface area contributed by atoms with Crippen molar-refractivity contribution in [2.24, 2.45) is 0 Å². The van der Waals surface area contributed by atoms with Gasteiger partial charge in [-0.25, -0.2) is 9.18 Å². The fraction of sp³-hybridized carbons (Fsp3) is 0.278. The van der Waals surface area contributed by atoms with E-state index >= 15 is 0 Å². The van der Waals surface area contributed by atoms with Crippen molar-refractivity contribution in [3.8, 4) is 0 Å². The summed E-state index contributed by atoms with van der Waals surface area (Å²) in [5.74, 6) is -2.04. The number of aryl methyl sites for hydroxylation is 1. The van der Waals surface area contributed by atoms with Gasteiger partial charge in [-0.15, -0.1) is 22.0 Å². The second kappa shape index (κ2) is 8.36. The molecule has 30 heavy (non-hydrogen) atoms. The molecule has 1 fully saturated rings. The highest BCUT2D eigenvalue weighted by atomic mass is 32.2. The van der Waals surface area contributed by atoms with Crippen molar-refractivity contribution >= 4 is 52.6 Å². The summed E-state index contributed by atoms with van der Waals surface area (Å²) in [4.78, 5) is 38.1. The third kappa shape index (κ3) is 3.94. The SMILES string of the molecule is Cc1nnc(SCC2=C(C(=O)O)N3C(=O)[C@H](NC(=O)c4cccc(F)c4)[C@H]3SC2)s1. The van der Waals surface area contributed by atoms with Gasteiger partial charge in [0, 0.05) is 17.1 Å². The Balaban J connectivity index is 1.48. The summed E-state index contributed by atoms with van der Waals surface area (Å²) < 4.78 is 14.1. The fourth-order valence-electron chi connectivity index (χ4n) is 3.13. The molecule has 2 atom stereocenters. The van der Waals surface area contributed by atoms with Crippen molar-refractivity contribution < 1.29 is 23.9 Å². The minimum atomic E-state index is -1.19. The van der Waals surface area contributed by atoms with Crippen LogP contribution in [0.1, 0.15) is 15.4 Å². The highest BCUT2D eigenvalue weighted by molar-refractivity contribution is 8.01. The predicted octanol–water partition coefficient (Wildman–Crippen LogP) is 2.13. The number of nitrogens with zero attached hydrogens (tertiary/aromatic N) is 3. The van der Waals surface area contributed by atoms with E-state index in [1.807, 2.05) is 6.92 Å². The zero-order chi connectivity index (χ0) is 21.4. The van der Waals surface area contributed by atoms with Crippen LogP contribution in [0.4, 0.5) is 4.39 Å². The Kier molecular flexibility index (Phi) is 5.80. The number of hydrogen-bond donors (Lipinski definition) is 2. The van der Waals surface area contributed by atoms with E-state index in [9.17, 15) is 23.9 Å². The molecule has 1 saturated heterocycles. The molecule has 0 saturated carbocycles. The van der Waals surface area contributed by atoms with Gasteiger partial charge in [0.15, 0.2) is 4.34 Å². The molecule has 0 spiro atoms. The van der Waals surface area contributed by atoms with Gasteiger partial charge in [0.25, 0.3) is 11.8 Å². The number of β-lactam (4-membered cyclic amide) rings is 1. The number of rotatable bonds is 6. The largest absolute Gasteiger partial charge is 0.477 e. The Morgan fingerprint density at radius 1 is 1.40 bits per heavy atom. The van der Waals surface area contributed by atoms with Crippen molar-refractivity contribution in [3.05, 3.63) is 51.9 Å². The Hall–Kier alpha value is -2.44. The van der Waals surface area contributed by atoms with E-state index in [1.165, 1.54) is 58.0 Å². The molecule has 1 aromatic carbocycles. The minimum Gasteiger partial charge on any atom is -0.477 e. The lowest BCUT2D eigenvalue weighted by molar-refractivity contribution is -0.148. The van der Waals surface area contributed by atoms with Crippen LogP contribution in [0.3, 0.4) is 0 Å². The normalized spacial score (nSPS) is 20.6. The number of fused-ring (bicyclic) bond motifs is 1. The molecule has 2 amide bonds. The monoisotopic (exact) mass is 466 g/mol. The Labute approximate surface area is 182 Å². The van der Waals surface area contributed by atoms with Crippen LogP contribution in [0.2, 0.25) is 0 Å². The number of nitrogens with one attached hydrogen (secondary N) is 1. The van der Waals surface area contributed by atoms with Gasteiger partial charge >= 0.3 is 5.97 Å². The predicted molar refractivity (Wildman–Crippen MR) is 111 cm³/mol. The number of thioether (sulfide) groups is 2. The first kappa shape index (κ1) is 20.8. The number of benzene rings is 1. The van der Waals surface area contributed by atoms with Crippen LogP contribution in [0.5, 0.6) is 0 Å². The standard InChI is InChI=1S/C18H15FN4O4S3/c1-8-21-22-18(30-8)29-7-10-6-28-16-12(15(25)23(16)13(10)17(26)27)20-14(24)9-3-2-4-11(19)5-9/h2-5,12,16H,6-7H2,1H3,(H,20,24)(H,26,27)/t12-,16+/m0/s1. The topological polar surface area (TPSA) is 112 Å². The van der Waals surface area contributed by atoms with Crippen LogP contribution >= 0.6 is 34.9 Å². The van der Waals surface area contributed by atoms with Crippen LogP contribution in [-0.4, -0.2) is 60.9 Å². The Morgan fingerprint density at radius 3 is 2.87 bits per heavy atom. The van der Waals surface area contributed by atoms with Crippen LogP contribution in [0, 0.1) is 12.7 Å². The van der Waals surface area contributed by atoms with Gasteiger partial charge in [-0.05, 0) is 30.7 Å². The van der Waals surface area contributed by atoms with Crippen molar-refractivity contribution in [1.82, 2.24) is 20.4 Å². The van der Waals surface area contributed by atoms with Crippen molar-refractivity contribution in [3.63, 3.8) is 0 Å². The lowest BCUT2D eigenvalue weighted by Gasteiger charge is -2.49. The number of halogens is 1. The van der Waals surface area contributed by atoms with Crippen molar-refractivity contribution in [1.29, 1.82) is 0 Å². The maximum absolute atomic E-state index is 13.3. The molecule has 0 unspecified atom stereocenters. The van der Waals surface area contributed by atoms with Crippen LogP contribution < -0.4 is 5.32 Å². The molecule has 2 aliphatic heterocycles. The summed E-state index contributed by atoms with van der Waals surface area (Å²) in [6.07, 6.45) is 0. The maximum atomic E-state index is 13.3. The van der Waals surface area contributed by atoms with Gasteiger partial charge in [-0.1, -0.05) is 29.2 Å². The second-order valence-electron chi connectivity index (χ2n) is 6.50. The smallest absolute Gasteiger partial charge is 0.352 e. The molecule has 2 N–H and O–H groups in total. The number of aromatic nitrogens is 2. The fourth-order valence-corrected chi connectivity index (χ4v) is 6.43. The Morgan fingerprint density at radius 2 is 2.20 bits per heavy atom. The zero-order valence-corrected chi connectivity index (χ0v) is 17.9. The van der Waals surface area contributed by atoms with E-state index in [-0.39, 0.29) is 11.3 Å². The van der Waals surface area contributed by atoms with E-state index < -0.39 is 35.0 Å². The number of carboxylic acids is 1. The maximum Gasteiger partial charge on any atom is 0.352 e. The minimum absolute atomic E-state index is 0.0475. The average molecular weight is 467 g/mol. The Bertz CT molecular complexity index is 1070. The van der Waals surface area contributed by atoms with E-state index in [0.717, 1.165) is 15.4 Å². The van der Waals surface area contributed by atoms with Crippen LogP contribution in [0.15, 0.2) is 39.9 Å². The van der Waals surface area contributed by atoms with Crippen molar-refractivity contribution in [2.75, 3.05) is 11.5 Å². The summed E-state index contributed by atoms with van der Waals surface area (Å²) in [7, 11) is 0. The van der Waals surface area contributed by atoms with Gasteiger partial charge in [-0.2, -0.15) is 0 Å². The zero-order valence-electron chi connectivity index (χ0n) is 15.5. The van der Waals surface area contributed by atoms with Gasteiger partial charge in [-0.3, -0.25) is 14.5 Å².